The van der Waals surface area contributed by atoms with E-state index >= 15 is 0 Å². The fourth-order valence-corrected chi connectivity index (χ4v) is 23.3. The normalized spacial score (nSPS) is 18.8. The summed E-state index contributed by atoms with van der Waals surface area (Å²) in [5.74, 6) is -2.97. The Kier molecular flexibility index (Phi) is 31.5. The molecule has 4 fully saturated rings. The van der Waals surface area contributed by atoms with Crippen molar-refractivity contribution in [1.82, 2.24) is 61.8 Å². The van der Waals surface area contributed by atoms with Gasteiger partial charge in [0, 0.05) is 163 Å². The molecule has 138 heavy (non-hydrogen) atoms. The van der Waals surface area contributed by atoms with E-state index in [2.05, 4.69) is 32.4 Å². The van der Waals surface area contributed by atoms with Crippen molar-refractivity contribution in [2.75, 3.05) is 120 Å². The number of fused-ring (bicyclic) bond motifs is 8. The Balaban J connectivity index is 0.000000156. The van der Waals surface area contributed by atoms with Crippen LogP contribution in [0.3, 0.4) is 0 Å². The van der Waals surface area contributed by atoms with Gasteiger partial charge in [-0.15, -0.1) is 0 Å². The zero-order valence-corrected chi connectivity index (χ0v) is 82.8. The standard InChI is InChI=1S/C27H35F3N4O4S.C26H34ClN3O3.C24H29F4N3O2.C24H28F3N3O3/c1-4-14-33(15-5-2)39(37,38)21-8-6-20(7-9-21)25(36)32-16-12-26(13-17-32)23-11-10-22(24(35)27(28,29)30)34(23)19-18-31(26)3;1-17(2)24(31)21-7-9-23-26(28(5)14-15-30(21)23)10-12-29(13-11-26)25(32)19-6-8-22(20(27)16-19)33-18(3)4;1-15(2)33-19-6-5-17(13-16(19)3)22(32)30-9-7-23(8-10-30)21-18(25)14-20(24(26,27)28)31(21)12-11-29(23)4;1-15-6-5-7-17(20(15)33-4)22(32)29-12-10-23(11-13-29)19-9-8-18(21(31)24(25,26)27)30(19)14-16(2)28(23)3/h6-11H,4-5,12-19H2,1-3H3;6-9,16-18H,10-15H2,1-5H3;5-6,13-15H,7-12H2,1-4H3;5-9,16H,10-14H2,1-4H3/t;;;16-/m...0/s1. The van der Waals surface area contributed by atoms with Crippen LogP contribution in [0.1, 0.15) is 239 Å². The number of piperidine rings is 4. The van der Waals surface area contributed by atoms with Gasteiger partial charge in [0.15, 0.2) is 5.78 Å². The molecule has 4 aromatic carbocycles. The van der Waals surface area contributed by atoms with Gasteiger partial charge in [-0.3, -0.25) is 53.2 Å². The van der Waals surface area contributed by atoms with Crippen LogP contribution in [0.25, 0.3) is 0 Å². The zero-order valence-electron chi connectivity index (χ0n) is 81.2. The molecule has 0 saturated carbocycles. The fraction of sp³-hybridized carbons (Fsp3) is 0.535. The second-order valence-electron chi connectivity index (χ2n) is 38.3. The molecule has 16 rings (SSSR count). The number of Topliss-reactive ketones (excluding diaryl/α,β-unsaturated/α-hetero) is 3. The van der Waals surface area contributed by atoms with Gasteiger partial charge in [-0.1, -0.05) is 51.4 Å². The molecule has 0 bridgehead atoms. The van der Waals surface area contributed by atoms with Crippen LogP contribution < -0.4 is 14.2 Å². The zero-order chi connectivity index (χ0) is 101. The average molecular weight is 1970 g/mol. The Hall–Kier alpha value is -10.4. The fourth-order valence-electron chi connectivity index (χ4n) is 21.5. The lowest BCUT2D eigenvalue weighted by Gasteiger charge is -2.53. The molecule has 750 valence electrons. The lowest BCUT2D eigenvalue weighted by Crippen LogP contribution is -2.59. The molecular formula is C101H126ClF10N13O12S. The summed E-state index contributed by atoms with van der Waals surface area (Å²) in [6.07, 6.45) is -8.56. The minimum atomic E-state index is -4.94. The number of halogens is 11. The van der Waals surface area contributed by atoms with Gasteiger partial charge >= 0.3 is 18.5 Å². The van der Waals surface area contributed by atoms with Gasteiger partial charge in [0.05, 0.1) is 79.7 Å². The first kappa shape index (κ1) is 105. The number of hydrogen-bond donors (Lipinski definition) is 0. The van der Waals surface area contributed by atoms with Crippen molar-refractivity contribution in [2.45, 2.75) is 230 Å². The molecule has 4 aromatic heterocycles. The molecule has 25 nitrogen and oxygen atoms in total. The van der Waals surface area contributed by atoms with Gasteiger partial charge in [0.1, 0.15) is 28.8 Å². The number of carbonyl (C=O) groups excluding carboxylic acids is 7. The molecule has 8 aromatic rings. The maximum absolute atomic E-state index is 14.9. The Morgan fingerprint density at radius 2 is 0.877 bits per heavy atom. The van der Waals surface area contributed by atoms with Gasteiger partial charge in [-0.05, 0) is 255 Å². The van der Waals surface area contributed by atoms with E-state index < -0.39 is 68.2 Å². The SMILES string of the molecule is CC(C)Oc1ccc(C(=O)N2CCC3(CC2)c2ccc(C(=O)C(C)C)n2CCN3C)cc1Cl.CCCN(CCC)S(=O)(=O)c1ccc(C(=O)N2CCC3(CC2)c2ccc(C(=O)C(F)(F)F)n2CCN3C)cc1.COc1c(C)cccc1C(=O)N1CCC2(CC1)c1ccc(C(=O)C(F)(F)F)n1C[C@H](C)N2C.Cc1cc(C(=O)N2CCC3(CC2)c2c(F)cc(C(F)(F)F)n2CCN3C)ccc1OC(C)C. The van der Waals surface area contributed by atoms with Crippen molar-refractivity contribution in [1.29, 1.82) is 0 Å². The molecular weight excluding hydrogens is 1840 g/mol. The molecule has 0 N–H and O–H groups in total. The third-order valence-corrected chi connectivity index (χ3v) is 31.2. The molecule has 4 amide bonds. The molecule has 0 radical (unpaired) electrons. The van der Waals surface area contributed by atoms with Crippen molar-refractivity contribution < 1.29 is 100 Å². The van der Waals surface area contributed by atoms with E-state index in [1.807, 2.05) is 125 Å². The predicted octanol–water partition coefficient (Wildman–Crippen LogP) is 17.8. The number of likely N-dealkylation sites (N-methyl/N-ethyl adjacent to an activating group) is 4. The van der Waals surface area contributed by atoms with Gasteiger partial charge in [0.25, 0.3) is 35.2 Å². The van der Waals surface area contributed by atoms with E-state index in [1.165, 1.54) is 62.6 Å². The summed E-state index contributed by atoms with van der Waals surface area (Å²) in [5, 5.41) is 0.454. The molecule has 37 heteroatoms. The average Bonchev–Trinajstić information content (AvgIpc) is 1.56. The summed E-state index contributed by atoms with van der Waals surface area (Å²) in [6, 6.07) is 32.4. The highest BCUT2D eigenvalue weighted by molar-refractivity contribution is 7.89. The number of hydrogen-bond acceptors (Lipinski definition) is 16. The van der Waals surface area contributed by atoms with Gasteiger partial charge in [0.2, 0.25) is 10.0 Å². The van der Waals surface area contributed by atoms with Crippen LogP contribution in [0, 0.1) is 25.6 Å². The predicted molar refractivity (Wildman–Crippen MR) is 503 cm³/mol. The molecule has 8 aliphatic heterocycles. The van der Waals surface area contributed by atoms with E-state index in [0.29, 0.717) is 193 Å². The molecule has 12 heterocycles. The monoisotopic (exact) mass is 1970 g/mol. The van der Waals surface area contributed by atoms with E-state index in [-0.39, 0.29) is 94.2 Å². The number of aromatic nitrogens is 4. The van der Waals surface area contributed by atoms with Crippen LogP contribution in [0.5, 0.6) is 17.2 Å². The maximum Gasteiger partial charge on any atom is 0.456 e. The first-order valence-corrected chi connectivity index (χ1v) is 49.1. The van der Waals surface area contributed by atoms with Crippen molar-refractivity contribution >= 4 is 62.6 Å². The van der Waals surface area contributed by atoms with Gasteiger partial charge in [-0.25, -0.2) is 12.8 Å². The van der Waals surface area contributed by atoms with Crippen molar-refractivity contribution in [3.05, 3.63) is 211 Å². The second-order valence-corrected chi connectivity index (χ2v) is 40.7. The van der Waals surface area contributed by atoms with Gasteiger partial charge < -0.3 is 52.1 Å². The number of amides is 4. The molecule has 0 aliphatic carbocycles. The maximum atomic E-state index is 14.9. The quantitative estimate of drug-likeness (QED) is 0.0541. The number of ketones is 3. The van der Waals surface area contributed by atoms with Gasteiger partial charge in [-0.2, -0.15) is 43.8 Å². The van der Waals surface area contributed by atoms with Crippen LogP contribution in [0.2, 0.25) is 5.02 Å². The number of aryl methyl sites for hydroxylation is 2. The summed E-state index contributed by atoms with van der Waals surface area (Å²) < 4.78 is 185. The van der Waals surface area contributed by atoms with Crippen molar-refractivity contribution in [3.63, 3.8) is 0 Å². The Morgan fingerprint density at radius 1 is 0.471 bits per heavy atom. The summed E-state index contributed by atoms with van der Waals surface area (Å²) >= 11 is 6.37. The summed E-state index contributed by atoms with van der Waals surface area (Å²) in [4.78, 5) is 105. The molecule has 1 atom stereocenters. The topological polar surface area (TPSA) is 230 Å². The number of likely N-dealkylation sites (tertiary alicyclic amines) is 4. The van der Waals surface area contributed by atoms with E-state index in [4.69, 9.17) is 25.8 Å². The number of nitrogens with zero attached hydrogens (tertiary/aromatic N) is 13. The number of ether oxygens (including phenoxy) is 3. The number of carbonyl (C=O) groups is 7. The van der Waals surface area contributed by atoms with Crippen molar-refractivity contribution in [3.8, 4) is 17.2 Å². The minimum Gasteiger partial charge on any atom is -0.496 e. The highest BCUT2D eigenvalue weighted by atomic mass is 35.5. The van der Waals surface area contributed by atoms with Crippen LogP contribution in [-0.2, 0) is 64.5 Å². The number of sulfonamides is 1. The highest BCUT2D eigenvalue weighted by Crippen LogP contribution is 2.50. The first-order valence-electron chi connectivity index (χ1n) is 47.3. The van der Waals surface area contributed by atoms with Crippen molar-refractivity contribution in [2.24, 2.45) is 5.92 Å². The molecule has 0 unspecified atom stereocenters. The Bertz CT molecular complexity index is 5920. The number of alkyl halides is 9. The number of benzene rings is 4. The number of para-hydroxylation sites is 1. The lowest BCUT2D eigenvalue weighted by atomic mass is 9.80. The number of rotatable bonds is 19. The summed E-state index contributed by atoms with van der Waals surface area (Å²) in [6.45, 7) is 28.9. The molecule has 4 saturated heterocycles. The minimum absolute atomic E-state index is 0.00707. The molecule has 4 spiro atoms. The summed E-state index contributed by atoms with van der Waals surface area (Å²) in [7, 11) is 5.74. The third-order valence-electron chi connectivity index (χ3n) is 29.0. The van der Waals surface area contributed by atoms with Crippen LogP contribution in [-0.4, -0.2) is 262 Å². The lowest BCUT2D eigenvalue weighted by molar-refractivity contribution is -0.145. The highest BCUT2D eigenvalue weighted by Gasteiger charge is 2.55. The largest absolute Gasteiger partial charge is 0.496 e. The van der Waals surface area contributed by atoms with E-state index in [0.717, 1.165) is 53.1 Å². The van der Waals surface area contributed by atoms with Crippen LogP contribution >= 0.6 is 11.6 Å². The van der Waals surface area contributed by atoms with E-state index in [9.17, 15) is 85.9 Å². The Morgan fingerprint density at radius 3 is 1.33 bits per heavy atom. The molecule has 8 aliphatic rings. The first-order chi connectivity index (χ1) is 64.9. The smallest absolute Gasteiger partial charge is 0.456 e. The van der Waals surface area contributed by atoms with Crippen LogP contribution in [0.15, 0.2) is 126 Å². The Labute approximate surface area is 805 Å². The van der Waals surface area contributed by atoms with E-state index in [1.54, 1.807) is 69.3 Å². The third kappa shape index (κ3) is 20.6. The number of methoxy groups -OCH3 is 1. The summed E-state index contributed by atoms with van der Waals surface area (Å²) in [5.41, 5.74) is 3.41. The second kappa shape index (κ2) is 41.4. The van der Waals surface area contributed by atoms with Crippen LogP contribution in [0.4, 0.5) is 43.9 Å².